The van der Waals surface area contributed by atoms with Gasteiger partial charge in [-0.2, -0.15) is 5.10 Å². The molecular formula is C30H26N4O2S. The Morgan fingerprint density at radius 2 is 1.57 bits per heavy atom. The standard InChI is InChI=1S/C30H26N4O2S/c1-33(2)26-16-12-23(13-17-26)20-31-32-30-34(21-27-9-6-18-36-27)29(35)28(37-30)19-22-10-14-25(15-11-22)24-7-4-3-5-8-24/h3-20H,21H2,1-2H3/b28-19-,31-20-,32-30+. The molecular weight excluding hydrogens is 480 g/mol. The Balaban J connectivity index is 1.38. The summed E-state index contributed by atoms with van der Waals surface area (Å²) >= 11 is 1.31. The van der Waals surface area contributed by atoms with Crippen molar-refractivity contribution < 1.29 is 9.21 Å². The van der Waals surface area contributed by atoms with Crippen LogP contribution in [0.5, 0.6) is 0 Å². The molecule has 0 saturated carbocycles. The number of carbonyl (C=O) groups is 1. The summed E-state index contributed by atoms with van der Waals surface area (Å²) in [5.74, 6) is 0.552. The summed E-state index contributed by atoms with van der Waals surface area (Å²) < 4.78 is 5.49. The molecule has 1 saturated heterocycles. The Kier molecular flexibility index (Phi) is 7.33. The first-order valence-corrected chi connectivity index (χ1v) is 12.7. The first-order chi connectivity index (χ1) is 18.1. The first kappa shape index (κ1) is 24.3. The second-order valence-electron chi connectivity index (χ2n) is 8.68. The third-order valence-electron chi connectivity index (χ3n) is 5.86. The lowest BCUT2D eigenvalue weighted by molar-refractivity contribution is -0.122. The molecule has 0 N–H and O–H groups in total. The van der Waals surface area contributed by atoms with Gasteiger partial charge in [0.15, 0.2) is 5.17 Å². The molecule has 7 heteroatoms. The molecule has 2 heterocycles. The zero-order chi connectivity index (χ0) is 25.6. The van der Waals surface area contributed by atoms with Crippen molar-refractivity contribution in [2.75, 3.05) is 19.0 Å². The predicted molar refractivity (Wildman–Crippen MR) is 153 cm³/mol. The van der Waals surface area contributed by atoms with Gasteiger partial charge in [0.05, 0.1) is 23.9 Å². The average molecular weight is 507 g/mol. The van der Waals surface area contributed by atoms with Crippen LogP contribution < -0.4 is 4.90 Å². The fourth-order valence-electron chi connectivity index (χ4n) is 3.84. The number of furan rings is 1. The highest BCUT2D eigenvalue weighted by Gasteiger charge is 2.34. The van der Waals surface area contributed by atoms with Crippen molar-refractivity contribution >= 4 is 40.8 Å². The van der Waals surface area contributed by atoms with Crippen molar-refractivity contribution in [2.24, 2.45) is 10.2 Å². The smallest absolute Gasteiger partial charge is 0.267 e. The summed E-state index contributed by atoms with van der Waals surface area (Å²) in [5, 5.41) is 9.18. The van der Waals surface area contributed by atoms with Crippen molar-refractivity contribution in [3.8, 4) is 11.1 Å². The maximum Gasteiger partial charge on any atom is 0.267 e. The van der Waals surface area contributed by atoms with E-state index in [0.29, 0.717) is 15.8 Å². The molecule has 0 radical (unpaired) electrons. The van der Waals surface area contributed by atoms with Crippen molar-refractivity contribution in [1.82, 2.24) is 4.90 Å². The quantitative estimate of drug-likeness (QED) is 0.163. The Morgan fingerprint density at radius 1 is 0.865 bits per heavy atom. The zero-order valence-electron chi connectivity index (χ0n) is 20.6. The molecule has 0 atom stereocenters. The number of hydrogen-bond acceptors (Lipinski definition) is 6. The molecule has 1 amide bonds. The number of amidine groups is 1. The van der Waals surface area contributed by atoms with Gasteiger partial charge < -0.3 is 9.32 Å². The van der Waals surface area contributed by atoms with Gasteiger partial charge in [0.25, 0.3) is 5.91 Å². The van der Waals surface area contributed by atoms with Gasteiger partial charge in [0, 0.05) is 19.8 Å². The van der Waals surface area contributed by atoms with E-state index in [1.165, 1.54) is 11.8 Å². The molecule has 1 aliphatic heterocycles. The zero-order valence-corrected chi connectivity index (χ0v) is 21.4. The van der Waals surface area contributed by atoms with Crippen LogP contribution in [0.2, 0.25) is 0 Å². The first-order valence-electron chi connectivity index (χ1n) is 11.8. The van der Waals surface area contributed by atoms with Crippen LogP contribution >= 0.6 is 11.8 Å². The molecule has 0 aliphatic carbocycles. The van der Waals surface area contributed by atoms with Crippen LogP contribution in [0.4, 0.5) is 5.69 Å². The van der Waals surface area contributed by atoms with Crippen molar-refractivity contribution in [3.05, 3.63) is 119 Å². The minimum Gasteiger partial charge on any atom is -0.467 e. The van der Waals surface area contributed by atoms with Crippen LogP contribution in [0.25, 0.3) is 17.2 Å². The number of carbonyl (C=O) groups excluding carboxylic acids is 1. The van der Waals surface area contributed by atoms with Crippen LogP contribution in [0.3, 0.4) is 0 Å². The van der Waals surface area contributed by atoms with E-state index in [-0.39, 0.29) is 12.5 Å². The maximum atomic E-state index is 13.3. The van der Waals surface area contributed by atoms with Crippen LogP contribution in [-0.2, 0) is 11.3 Å². The fraction of sp³-hybridized carbons (Fsp3) is 0.100. The van der Waals surface area contributed by atoms with Crippen molar-refractivity contribution in [1.29, 1.82) is 0 Å². The number of amides is 1. The molecule has 6 nitrogen and oxygen atoms in total. The highest BCUT2D eigenvalue weighted by molar-refractivity contribution is 8.18. The summed E-state index contributed by atoms with van der Waals surface area (Å²) in [4.78, 5) is 17.6. The second kappa shape index (κ2) is 11.1. The minimum atomic E-state index is -0.127. The number of anilines is 1. The summed E-state index contributed by atoms with van der Waals surface area (Å²) in [5.41, 5.74) is 5.26. The largest absolute Gasteiger partial charge is 0.467 e. The van der Waals surface area contributed by atoms with Gasteiger partial charge in [-0.3, -0.25) is 9.69 Å². The van der Waals surface area contributed by atoms with Gasteiger partial charge in [-0.25, -0.2) is 0 Å². The van der Waals surface area contributed by atoms with Gasteiger partial charge in [-0.15, -0.1) is 5.10 Å². The highest BCUT2D eigenvalue weighted by atomic mass is 32.2. The average Bonchev–Trinajstić information content (AvgIpc) is 3.54. The lowest BCUT2D eigenvalue weighted by atomic mass is 10.0. The third kappa shape index (κ3) is 5.90. The van der Waals surface area contributed by atoms with Crippen LogP contribution in [0, 0.1) is 0 Å². The predicted octanol–water partition coefficient (Wildman–Crippen LogP) is 6.52. The maximum absolute atomic E-state index is 13.3. The van der Waals surface area contributed by atoms with E-state index in [0.717, 1.165) is 27.9 Å². The number of hydrogen-bond donors (Lipinski definition) is 0. The molecule has 5 rings (SSSR count). The molecule has 4 aromatic rings. The SMILES string of the molecule is CN(C)c1ccc(/C=N\N=C2\S/C(=C\c3ccc(-c4ccccc4)cc3)C(=O)N2Cc2ccco2)cc1. The molecule has 0 bridgehead atoms. The van der Waals surface area contributed by atoms with E-state index in [4.69, 9.17) is 4.42 Å². The van der Waals surface area contributed by atoms with E-state index in [1.807, 2.05) is 85.7 Å². The molecule has 1 fully saturated rings. The van der Waals surface area contributed by atoms with E-state index in [2.05, 4.69) is 34.5 Å². The Hall–Kier alpha value is -4.36. The van der Waals surface area contributed by atoms with Gasteiger partial charge in [0.2, 0.25) is 0 Å². The highest BCUT2D eigenvalue weighted by Crippen LogP contribution is 2.34. The summed E-state index contributed by atoms with van der Waals surface area (Å²) in [7, 11) is 4.00. The molecule has 37 heavy (non-hydrogen) atoms. The minimum absolute atomic E-state index is 0.127. The van der Waals surface area contributed by atoms with E-state index >= 15 is 0 Å². The Labute approximate surface area is 220 Å². The number of benzene rings is 3. The molecule has 1 aromatic heterocycles. The van der Waals surface area contributed by atoms with E-state index in [1.54, 1.807) is 23.4 Å². The van der Waals surface area contributed by atoms with Gasteiger partial charge in [-0.1, -0.05) is 66.7 Å². The molecule has 3 aromatic carbocycles. The van der Waals surface area contributed by atoms with Crippen molar-refractivity contribution in [2.45, 2.75) is 6.54 Å². The fourth-order valence-corrected chi connectivity index (χ4v) is 4.77. The van der Waals surface area contributed by atoms with Crippen LogP contribution in [0.15, 0.2) is 117 Å². The number of nitrogens with zero attached hydrogens (tertiary/aromatic N) is 4. The summed E-state index contributed by atoms with van der Waals surface area (Å²) in [6.07, 6.45) is 5.18. The van der Waals surface area contributed by atoms with E-state index in [9.17, 15) is 4.79 Å². The summed E-state index contributed by atoms with van der Waals surface area (Å²) in [6.45, 7) is 0.287. The van der Waals surface area contributed by atoms with E-state index < -0.39 is 0 Å². The van der Waals surface area contributed by atoms with Crippen LogP contribution in [0.1, 0.15) is 16.9 Å². The molecule has 184 valence electrons. The van der Waals surface area contributed by atoms with Gasteiger partial charge >= 0.3 is 0 Å². The third-order valence-corrected chi connectivity index (χ3v) is 6.85. The Bertz CT molecular complexity index is 1440. The summed E-state index contributed by atoms with van der Waals surface area (Å²) in [6, 6.07) is 30.0. The van der Waals surface area contributed by atoms with Gasteiger partial charge in [-0.05, 0) is 64.4 Å². The number of thioether (sulfide) groups is 1. The topological polar surface area (TPSA) is 61.4 Å². The Morgan fingerprint density at radius 3 is 2.24 bits per heavy atom. The van der Waals surface area contributed by atoms with Crippen LogP contribution in [-0.4, -0.2) is 36.3 Å². The second-order valence-corrected chi connectivity index (χ2v) is 9.69. The van der Waals surface area contributed by atoms with Gasteiger partial charge in [0.1, 0.15) is 5.76 Å². The molecule has 0 spiro atoms. The molecule has 0 unspecified atom stereocenters. The van der Waals surface area contributed by atoms with Crippen molar-refractivity contribution in [3.63, 3.8) is 0 Å². The monoisotopic (exact) mass is 506 g/mol. The number of rotatable bonds is 7. The molecule has 1 aliphatic rings. The lowest BCUT2D eigenvalue weighted by Crippen LogP contribution is -2.28. The lowest BCUT2D eigenvalue weighted by Gasteiger charge is -2.12. The normalized spacial score (nSPS) is 15.8.